The number of aryl methyl sites for hydroxylation is 1. The van der Waals surface area contributed by atoms with Gasteiger partial charge in [-0.25, -0.2) is 4.39 Å². The zero-order valence-corrected chi connectivity index (χ0v) is 11.2. The molecule has 1 amide bonds. The van der Waals surface area contributed by atoms with Crippen molar-refractivity contribution in [1.82, 2.24) is 0 Å². The maximum Gasteiger partial charge on any atom is 0.221 e. The summed E-state index contributed by atoms with van der Waals surface area (Å²) in [5, 5.41) is 2.61. The molecular weight excluding hydrogens is 257 g/mol. The van der Waals surface area contributed by atoms with Crippen LogP contribution in [0.4, 0.5) is 10.1 Å². The van der Waals surface area contributed by atoms with Crippen LogP contribution in [0.2, 0.25) is 0 Å². The lowest BCUT2D eigenvalue weighted by Crippen LogP contribution is -2.07. The van der Waals surface area contributed by atoms with Gasteiger partial charge in [-0.3, -0.25) is 9.59 Å². The first kappa shape index (κ1) is 13.9. The van der Waals surface area contributed by atoms with E-state index in [9.17, 15) is 14.0 Å². The molecule has 0 spiro atoms. The van der Waals surface area contributed by atoms with Crippen LogP contribution in [0.3, 0.4) is 0 Å². The molecule has 0 aliphatic heterocycles. The molecule has 0 radical (unpaired) electrons. The van der Waals surface area contributed by atoms with E-state index in [4.69, 9.17) is 0 Å². The molecule has 0 aromatic heterocycles. The van der Waals surface area contributed by atoms with Gasteiger partial charge in [0.2, 0.25) is 5.91 Å². The average molecular weight is 271 g/mol. The number of amides is 1. The quantitative estimate of drug-likeness (QED) is 0.870. The largest absolute Gasteiger partial charge is 0.326 e. The SMILES string of the molecule is CC(=O)Nc1ccc(C(=O)c2cccc(C)c2F)cc1. The monoisotopic (exact) mass is 271 g/mol. The predicted molar refractivity (Wildman–Crippen MR) is 75.3 cm³/mol. The summed E-state index contributed by atoms with van der Waals surface area (Å²) >= 11 is 0. The summed E-state index contributed by atoms with van der Waals surface area (Å²) in [6.45, 7) is 3.02. The summed E-state index contributed by atoms with van der Waals surface area (Å²) in [7, 11) is 0. The third kappa shape index (κ3) is 2.91. The van der Waals surface area contributed by atoms with E-state index in [1.54, 1.807) is 43.3 Å². The highest BCUT2D eigenvalue weighted by molar-refractivity contribution is 6.09. The second-order valence-electron chi connectivity index (χ2n) is 4.52. The van der Waals surface area contributed by atoms with Crippen LogP contribution in [0.1, 0.15) is 28.4 Å². The fraction of sp³-hybridized carbons (Fsp3) is 0.125. The Morgan fingerprint density at radius 1 is 1.05 bits per heavy atom. The first-order chi connectivity index (χ1) is 9.49. The molecule has 1 N–H and O–H groups in total. The van der Waals surface area contributed by atoms with Gasteiger partial charge < -0.3 is 5.32 Å². The first-order valence-corrected chi connectivity index (χ1v) is 6.16. The molecule has 0 fully saturated rings. The number of carbonyl (C=O) groups is 2. The molecule has 0 atom stereocenters. The van der Waals surface area contributed by atoms with Crippen LogP contribution in [-0.4, -0.2) is 11.7 Å². The molecule has 3 nitrogen and oxygen atoms in total. The minimum atomic E-state index is -0.497. The van der Waals surface area contributed by atoms with Gasteiger partial charge in [0.25, 0.3) is 0 Å². The third-order valence-corrected chi connectivity index (χ3v) is 2.90. The van der Waals surface area contributed by atoms with E-state index in [1.165, 1.54) is 13.0 Å². The van der Waals surface area contributed by atoms with E-state index >= 15 is 0 Å². The molecule has 2 aromatic rings. The summed E-state index contributed by atoms with van der Waals surface area (Å²) < 4.78 is 13.9. The van der Waals surface area contributed by atoms with Gasteiger partial charge in [0.15, 0.2) is 5.78 Å². The van der Waals surface area contributed by atoms with Crippen LogP contribution >= 0.6 is 0 Å². The third-order valence-electron chi connectivity index (χ3n) is 2.90. The number of anilines is 1. The molecular formula is C16H14FNO2. The Morgan fingerprint density at radius 2 is 1.70 bits per heavy atom. The van der Waals surface area contributed by atoms with Crippen molar-refractivity contribution >= 4 is 17.4 Å². The normalized spacial score (nSPS) is 10.2. The first-order valence-electron chi connectivity index (χ1n) is 6.16. The van der Waals surface area contributed by atoms with Gasteiger partial charge in [0.1, 0.15) is 5.82 Å². The van der Waals surface area contributed by atoms with Gasteiger partial charge in [0.05, 0.1) is 5.56 Å². The lowest BCUT2D eigenvalue weighted by molar-refractivity contribution is -0.114. The fourth-order valence-electron chi connectivity index (χ4n) is 1.89. The van der Waals surface area contributed by atoms with Crippen molar-refractivity contribution in [3.8, 4) is 0 Å². The molecule has 2 rings (SSSR count). The van der Waals surface area contributed by atoms with Crippen LogP contribution in [0.25, 0.3) is 0 Å². The Kier molecular flexibility index (Phi) is 3.94. The zero-order chi connectivity index (χ0) is 14.7. The maximum absolute atomic E-state index is 13.9. The van der Waals surface area contributed by atoms with Crippen molar-refractivity contribution < 1.29 is 14.0 Å². The molecule has 0 heterocycles. The van der Waals surface area contributed by atoms with Crippen LogP contribution in [0.15, 0.2) is 42.5 Å². The Morgan fingerprint density at radius 3 is 2.30 bits per heavy atom. The number of halogens is 1. The van der Waals surface area contributed by atoms with Crippen molar-refractivity contribution in [1.29, 1.82) is 0 Å². The number of ketones is 1. The van der Waals surface area contributed by atoms with Gasteiger partial charge in [-0.05, 0) is 42.8 Å². The summed E-state index contributed by atoms with van der Waals surface area (Å²) in [5.41, 5.74) is 1.46. The molecule has 0 saturated carbocycles. The molecule has 0 aliphatic carbocycles. The van der Waals surface area contributed by atoms with Crippen molar-refractivity contribution in [2.24, 2.45) is 0 Å². The number of hydrogen-bond donors (Lipinski definition) is 1. The second kappa shape index (κ2) is 5.65. The molecule has 102 valence electrons. The second-order valence-corrected chi connectivity index (χ2v) is 4.52. The Hall–Kier alpha value is -2.49. The standard InChI is InChI=1S/C16H14FNO2/c1-10-4-3-5-14(15(10)17)16(20)12-6-8-13(9-7-12)18-11(2)19/h3-9H,1-2H3,(H,18,19). The van der Waals surface area contributed by atoms with Crippen LogP contribution in [0.5, 0.6) is 0 Å². The predicted octanol–water partition coefficient (Wildman–Crippen LogP) is 3.32. The number of hydrogen-bond acceptors (Lipinski definition) is 2. The fourth-order valence-corrected chi connectivity index (χ4v) is 1.89. The Labute approximate surface area is 116 Å². The van der Waals surface area contributed by atoms with Gasteiger partial charge in [-0.2, -0.15) is 0 Å². The summed E-state index contributed by atoms with van der Waals surface area (Å²) in [4.78, 5) is 23.1. The lowest BCUT2D eigenvalue weighted by atomic mass is 10.0. The van der Waals surface area contributed by atoms with E-state index in [0.717, 1.165) is 0 Å². The number of carbonyl (C=O) groups excluding carboxylic acids is 2. The van der Waals surface area contributed by atoms with Gasteiger partial charge >= 0.3 is 0 Å². The van der Waals surface area contributed by atoms with Crippen LogP contribution in [-0.2, 0) is 4.79 Å². The van der Waals surface area contributed by atoms with Crippen molar-refractivity contribution in [3.05, 3.63) is 65.0 Å². The van der Waals surface area contributed by atoms with Crippen LogP contribution in [0, 0.1) is 12.7 Å². The van der Waals surface area contributed by atoms with E-state index in [1.807, 2.05) is 0 Å². The molecule has 0 unspecified atom stereocenters. The summed E-state index contributed by atoms with van der Waals surface area (Å²) in [5.74, 6) is -1.06. The smallest absolute Gasteiger partial charge is 0.221 e. The topological polar surface area (TPSA) is 46.2 Å². The average Bonchev–Trinajstić information content (AvgIpc) is 2.41. The summed E-state index contributed by atoms with van der Waals surface area (Å²) in [6, 6.07) is 11.1. The minimum absolute atomic E-state index is 0.0530. The zero-order valence-electron chi connectivity index (χ0n) is 11.2. The number of nitrogens with one attached hydrogen (secondary N) is 1. The highest BCUT2D eigenvalue weighted by atomic mass is 19.1. The molecule has 0 bridgehead atoms. The minimum Gasteiger partial charge on any atom is -0.326 e. The van der Waals surface area contributed by atoms with Crippen molar-refractivity contribution in [3.63, 3.8) is 0 Å². The van der Waals surface area contributed by atoms with E-state index in [-0.39, 0.29) is 17.3 Å². The van der Waals surface area contributed by atoms with E-state index in [0.29, 0.717) is 16.8 Å². The summed E-state index contributed by atoms with van der Waals surface area (Å²) in [6.07, 6.45) is 0. The van der Waals surface area contributed by atoms with E-state index in [2.05, 4.69) is 5.32 Å². The molecule has 0 saturated heterocycles. The van der Waals surface area contributed by atoms with Gasteiger partial charge in [-0.15, -0.1) is 0 Å². The van der Waals surface area contributed by atoms with Crippen molar-refractivity contribution in [2.45, 2.75) is 13.8 Å². The number of benzene rings is 2. The molecule has 20 heavy (non-hydrogen) atoms. The molecule has 4 heteroatoms. The Balaban J connectivity index is 2.29. The van der Waals surface area contributed by atoms with Crippen molar-refractivity contribution in [2.75, 3.05) is 5.32 Å². The molecule has 2 aromatic carbocycles. The van der Waals surface area contributed by atoms with Gasteiger partial charge in [-0.1, -0.05) is 12.1 Å². The van der Waals surface area contributed by atoms with Gasteiger partial charge in [0, 0.05) is 18.2 Å². The van der Waals surface area contributed by atoms with Crippen LogP contribution < -0.4 is 5.32 Å². The highest BCUT2D eigenvalue weighted by Gasteiger charge is 2.15. The molecule has 0 aliphatic rings. The maximum atomic E-state index is 13.9. The Bertz CT molecular complexity index is 663. The van der Waals surface area contributed by atoms with E-state index < -0.39 is 5.82 Å². The lowest BCUT2D eigenvalue weighted by Gasteiger charge is -2.06. The highest BCUT2D eigenvalue weighted by Crippen LogP contribution is 2.18. The number of rotatable bonds is 3.